The second-order valence-corrected chi connectivity index (χ2v) is 4.97. The van der Waals surface area contributed by atoms with Gasteiger partial charge in [0.2, 0.25) is 0 Å². The third-order valence-corrected chi connectivity index (χ3v) is 3.46. The Morgan fingerprint density at radius 2 is 2.10 bits per heavy atom. The molecule has 0 N–H and O–H groups in total. The molecule has 106 valence electrons. The lowest BCUT2D eigenvalue weighted by Crippen LogP contribution is -2.18. The molecule has 1 aliphatic rings. The van der Waals surface area contributed by atoms with E-state index in [0.717, 1.165) is 12.1 Å². The monoisotopic (exact) mass is 293 g/mol. The van der Waals surface area contributed by atoms with Crippen LogP contribution in [0.3, 0.4) is 0 Å². The van der Waals surface area contributed by atoms with Gasteiger partial charge in [-0.1, -0.05) is 25.1 Å². The molecule has 0 atom stereocenters. The van der Waals surface area contributed by atoms with Crippen molar-refractivity contribution < 1.29 is 9.13 Å². The summed E-state index contributed by atoms with van der Waals surface area (Å²) in [5.74, 6) is 0.218. The van der Waals surface area contributed by atoms with E-state index in [0.29, 0.717) is 28.6 Å². The Balaban J connectivity index is 2.32. The Bertz CT molecular complexity index is 592. The predicted octanol–water partition coefficient (Wildman–Crippen LogP) is 4.54. The maximum absolute atomic E-state index is 14.2. The van der Waals surface area contributed by atoms with Gasteiger partial charge in [0.25, 0.3) is 0 Å². The fourth-order valence-electron chi connectivity index (χ4n) is 1.95. The Kier molecular flexibility index (Phi) is 4.50. The maximum Gasteiger partial charge on any atom is 0.136 e. The van der Waals surface area contributed by atoms with E-state index < -0.39 is 0 Å². The summed E-state index contributed by atoms with van der Waals surface area (Å²) in [7, 11) is 1.81. The molecule has 20 heavy (non-hydrogen) atoms. The zero-order valence-electron chi connectivity index (χ0n) is 11.6. The van der Waals surface area contributed by atoms with Crippen LogP contribution in [0, 0.1) is 5.82 Å². The zero-order chi connectivity index (χ0) is 14.7. The van der Waals surface area contributed by atoms with Crippen molar-refractivity contribution in [1.29, 1.82) is 0 Å². The van der Waals surface area contributed by atoms with Crippen LogP contribution in [0.25, 0.3) is 5.70 Å². The second kappa shape index (κ2) is 6.14. The van der Waals surface area contributed by atoms with Gasteiger partial charge in [0.1, 0.15) is 11.6 Å². The van der Waals surface area contributed by atoms with E-state index in [1.807, 2.05) is 14.0 Å². The van der Waals surface area contributed by atoms with Crippen molar-refractivity contribution in [3.63, 3.8) is 0 Å². The van der Waals surface area contributed by atoms with Crippen LogP contribution in [-0.4, -0.2) is 18.6 Å². The molecule has 0 saturated carbocycles. The summed E-state index contributed by atoms with van der Waals surface area (Å²) in [4.78, 5) is 1.77. The fourth-order valence-corrected chi connectivity index (χ4v) is 2.14. The minimum absolute atomic E-state index is 0.323. The van der Waals surface area contributed by atoms with E-state index in [2.05, 4.69) is 6.58 Å². The molecule has 0 saturated heterocycles. The predicted molar refractivity (Wildman–Crippen MR) is 81.0 cm³/mol. The molecule has 0 amide bonds. The van der Waals surface area contributed by atoms with Gasteiger partial charge in [-0.2, -0.15) is 0 Å². The Labute approximate surface area is 123 Å². The lowest BCUT2D eigenvalue weighted by molar-refractivity contribution is 0.315. The van der Waals surface area contributed by atoms with Gasteiger partial charge in [-0.25, -0.2) is 4.39 Å². The van der Waals surface area contributed by atoms with Crippen LogP contribution in [0.2, 0.25) is 0 Å². The number of hydrogen-bond acceptors (Lipinski definition) is 2. The Morgan fingerprint density at radius 1 is 1.35 bits per heavy atom. The van der Waals surface area contributed by atoms with Gasteiger partial charge in [-0.05, 0) is 30.7 Å². The van der Waals surface area contributed by atoms with E-state index >= 15 is 0 Å². The number of allylic oxidation sites excluding steroid dienone is 3. The van der Waals surface area contributed by atoms with Crippen LogP contribution in [0.5, 0.6) is 5.75 Å². The first-order chi connectivity index (χ1) is 9.54. The van der Waals surface area contributed by atoms with Gasteiger partial charge in [0.05, 0.1) is 23.0 Å². The van der Waals surface area contributed by atoms with Crippen LogP contribution in [0.1, 0.15) is 18.9 Å². The van der Waals surface area contributed by atoms with Crippen LogP contribution in [0.4, 0.5) is 4.39 Å². The Hall–Kier alpha value is -1.74. The standard InChI is InChI=1S/C16H17ClFNO/c1-4-9-20-12-5-6-13(15(18)10-12)16-8-7-14(17)11(2)19(16)3/h5-8,10H,2,4,9H2,1,3H3. The van der Waals surface area contributed by atoms with E-state index in [1.54, 1.807) is 29.2 Å². The normalized spacial score (nSPS) is 15.0. The number of likely N-dealkylation sites (N-methyl/N-ethyl adjacent to an activating group) is 1. The van der Waals surface area contributed by atoms with Crippen LogP contribution >= 0.6 is 11.6 Å². The molecule has 0 fully saturated rings. The molecule has 2 rings (SSSR count). The highest BCUT2D eigenvalue weighted by Gasteiger charge is 2.19. The van der Waals surface area contributed by atoms with Crippen molar-refractivity contribution in [2.24, 2.45) is 0 Å². The number of nitrogens with zero attached hydrogens (tertiary/aromatic N) is 1. The summed E-state index contributed by atoms with van der Waals surface area (Å²) in [6.07, 6.45) is 4.39. The first-order valence-corrected chi connectivity index (χ1v) is 6.85. The fraction of sp³-hybridized carbons (Fsp3) is 0.250. The molecular weight excluding hydrogens is 277 g/mol. The number of hydrogen-bond donors (Lipinski definition) is 0. The summed E-state index contributed by atoms with van der Waals surface area (Å²) in [5, 5.41) is 0.555. The largest absolute Gasteiger partial charge is 0.494 e. The number of ether oxygens (including phenoxy) is 1. The van der Waals surface area contributed by atoms with Crippen LogP contribution in [0.15, 0.2) is 47.7 Å². The van der Waals surface area contributed by atoms with Crippen molar-refractivity contribution in [3.8, 4) is 5.75 Å². The molecule has 0 bridgehead atoms. The van der Waals surface area contributed by atoms with Crippen molar-refractivity contribution in [2.45, 2.75) is 13.3 Å². The number of rotatable bonds is 4. The number of benzene rings is 1. The smallest absolute Gasteiger partial charge is 0.136 e. The summed E-state index contributed by atoms with van der Waals surface area (Å²) < 4.78 is 19.6. The highest BCUT2D eigenvalue weighted by Crippen LogP contribution is 2.32. The molecule has 0 radical (unpaired) electrons. The van der Waals surface area contributed by atoms with Gasteiger partial charge in [0.15, 0.2) is 0 Å². The molecule has 1 aliphatic heterocycles. The molecule has 0 spiro atoms. The van der Waals surface area contributed by atoms with Crippen molar-refractivity contribution in [1.82, 2.24) is 4.90 Å². The van der Waals surface area contributed by atoms with Gasteiger partial charge in [-0.3, -0.25) is 0 Å². The van der Waals surface area contributed by atoms with Gasteiger partial charge in [0, 0.05) is 18.7 Å². The molecule has 0 aliphatic carbocycles. The van der Waals surface area contributed by atoms with E-state index in [4.69, 9.17) is 16.3 Å². The quantitative estimate of drug-likeness (QED) is 0.808. The van der Waals surface area contributed by atoms with Gasteiger partial charge >= 0.3 is 0 Å². The van der Waals surface area contributed by atoms with Crippen LogP contribution < -0.4 is 4.74 Å². The highest BCUT2D eigenvalue weighted by molar-refractivity contribution is 6.32. The first kappa shape index (κ1) is 14.7. The lowest BCUT2D eigenvalue weighted by atomic mass is 10.1. The lowest BCUT2D eigenvalue weighted by Gasteiger charge is -2.27. The molecule has 1 aromatic rings. The Morgan fingerprint density at radius 3 is 2.75 bits per heavy atom. The maximum atomic E-state index is 14.2. The third kappa shape index (κ3) is 2.88. The topological polar surface area (TPSA) is 12.5 Å². The molecule has 1 heterocycles. The van der Waals surface area contributed by atoms with E-state index in [-0.39, 0.29) is 5.82 Å². The van der Waals surface area contributed by atoms with Crippen molar-refractivity contribution in [3.05, 3.63) is 59.0 Å². The van der Waals surface area contributed by atoms with Crippen molar-refractivity contribution in [2.75, 3.05) is 13.7 Å². The van der Waals surface area contributed by atoms with Crippen LogP contribution in [-0.2, 0) is 0 Å². The molecule has 4 heteroatoms. The first-order valence-electron chi connectivity index (χ1n) is 6.47. The minimum atomic E-state index is -0.323. The van der Waals surface area contributed by atoms with E-state index in [1.165, 1.54) is 6.07 Å². The highest BCUT2D eigenvalue weighted by atomic mass is 35.5. The summed E-state index contributed by atoms with van der Waals surface area (Å²) in [6, 6.07) is 4.89. The molecule has 2 nitrogen and oxygen atoms in total. The van der Waals surface area contributed by atoms with E-state index in [9.17, 15) is 4.39 Å². The zero-order valence-corrected chi connectivity index (χ0v) is 12.4. The molecule has 0 aromatic heterocycles. The third-order valence-electron chi connectivity index (χ3n) is 3.12. The summed E-state index contributed by atoms with van der Waals surface area (Å²) in [5.41, 5.74) is 1.87. The summed E-state index contributed by atoms with van der Waals surface area (Å²) >= 11 is 6.00. The SMILES string of the molecule is C=C1C(Cl)=CC=C(c2ccc(OCCC)cc2F)N1C. The number of halogens is 2. The molecular formula is C16H17ClFNO. The summed E-state index contributed by atoms with van der Waals surface area (Å²) in [6.45, 7) is 6.47. The average molecular weight is 294 g/mol. The van der Waals surface area contributed by atoms with Crippen molar-refractivity contribution >= 4 is 17.3 Å². The second-order valence-electron chi connectivity index (χ2n) is 4.56. The molecule has 0 unspecified atom stereocenters. The minimum Gasteiger partial charge on any atom is -0.494 e. The molecule has 1 aromatic carbocycles. The van der Waals surface area contributed by atoms with Gasteiger partial charge < -0.3 is 9.64 Å². The average Bonchev–Trinajstić information content (AvgIpc) is 2.44. The van der Waals surface area contributed by atoms with Gasteiger partial charge in [-0.15, -0.1) is 0 Å².